The fraction of sp³-hybridized carbons (Fsp3) is 0.320. The average molecular weight is 433 g/mol. The molecule has 1 aromatic heterocycles. The van der Waals surface area contributed by atoms with Gasteiger partial charge in [0.2, 0.25) is 5.91 Å². The van der Waals surface area contributed by atoms with Crippen LogP contribution >= 0.6 is 0 Å². The third-order valence-electron chi connectivity index (χ3n) is 5.88. The molecule has 0 spiro atoms. The molecule has 1 fully saturated rings. The van der Waals surface area contributed by atoms with Crippen LogP contribution in [0.5, 0.6) is 5.75 Å². The number of aromatic nitrogens is 2. The molecule has 1 saturated heterocycles. The van der Waals surface area contributed by atoms with E-state index in [9.17, 15) is 14.7 Å². The van der Waals surface area contributed by atoms with Gasteiger partial charge in [0.25, 0.3) is 0 Å². The zero-order valence-electron chi connectivity index (χ0n) is 18.2. The molecule has 166 valence electrons. The second kappa shape index (κ2) is 9.78. The van der Waals surface area contributed by atoms with Crippen LogP contribution in [-0.2, 0) is 11.3 Å². The van der Waals surface area contributed by atoms with Gasteiger partial charge in [-0.1, -0.05) is 29.8 Å². The highest BCUT2D eigenvalue weighted by atomic mass is 16.3. The number of ketones is 1. The highest BCUT2D eigenvalue weighted by molar-refractivity contribution is 5.98. The van der Waals surface area contributed by atoms with E-state index in [0.29, 0.717) is 31.0 Å². The number of phenolic OH excluding ortho intramolecular Hbond substituents is 1. The molecule has 32 heavy (non-hydrogen) atoms. The highest BCUT2D eigenvalue weighted by Crippen LogP contribution is 2.23. The molecule has 2 aromatic carbocycles. The number of hydrogen-bond acceptors (Lipinski definition) is 5. The number of nitrogens with zero attached hydrogens (tertiary/aromatic N) is 3. The van der Waals surface area contributed by atoms with Crippen LogP contribution < -0.4 is 5.32 Å². The summed E-state index contributed by atoms with van der Waals surface area (Å²) in [6.45, 7) is 4.33. The molecule has 4 rings (SSSR count). The molecular weight excluding hydrogens is 404 g/mol. The number of likely N-dealkylation sites (tertiary alicyclic amines) is 1. The maximum atomic E-state index is 12.7. The van der Waals surface area contributed by atoms with Gasteiger partial charge in [-0.3, -0.25) is 14.5 Å². The van der Waals surface area contributed by atoms with E-state index in [2.05, 4.69) is 34.4 Å². The zero-order valence-corrected chi connectivity index (χ0v) is 18.2. The third-order valence-corrected chi connectivity index (χ3v) is 5.88. The molecule has 0 saturated carbocycles. The van der Waals surface area contributed by atoms with Crippen molar-refractivity contribution in [2.45, 2.75) is 26.3 Å². The van der Waals surface area contributed by atoms with E-state index in [-0.39, 0.29) is 29.9 Å². The SMILES string of the molecule is Cc1cccc(Cn2nccc2NC(=O)CN2CCC(C(=O)c3ccc(O)cc3)CC2)c1. The summed E-state index contributed by atoms with van der Waals surface area (Å²) in [5.41, 5.74) is 2.94. The molecule has 7 nitrogen and oxygen atoms in total. The molecule has 1 aliphatic rings. The molecule has 0 aliphatic carbocycles. The van der Waals surface area contributed by atoms with Crippen molar-refractivity contribution in [2.75, 3.05) is 25.0 Å². The van der Waals surface area contributed by atoms with E-state index < -0.39 is 0 Å². The van der Waals surface area contributed by atoms with E-state index in [1.54, 1.807) is 29.1 Å². The maximum Gasteiger partial charge on any atom is 0.239 e. The van der Waals surface area contributed by atoms with Gasteiger partial charge in [-0.25, -0.2) is 4.68 Å². The molecule has 0 unspecified atom stereocenters. The lowest BCUT2D eigenvalue weighted by Crippen LogP contribution is -2.41. The van der Waals surface area contributed by atoms with E-state index in [1.165, 1.54) is 17.7 Å². The van der Waals surface area contributed by atoms with E-state index in [0.717, 1.165) is 18.4 Å². The van der Waals surface area contributed by atoms with Gasteiger partial charge < -0.3 is 10.4 Å². The van der Waals surface area contributed by atoms with Crippen molar-refractivity contribution in [3.8, 4) is 5.75 Å². The number of Topliss-reactive ketones (excluding diaryl/α,β-unsaturated/α-hetero) is 1. The lowest BCUT2D eigenvalue weighted by Gasteiger charge is -2.30. The quantitative estimate of drug-likeness (QED) is 0.558. The predicted octanol–water partition coefficient (Wildman–Crippen LogP) is 3.48. The van der Waals surface area contributed by atoms with Crippen molar-refractivity contribution in [2.24, 2.45) is 5.92 Å². The van der Waals surface area contributed by atoms with E-state index in [1.807, 2.05) is 12.1 Å². The molecule has 1 aliphatic heterocycles. The summed E-state index contributed by atoms with van der Waals surface area (Å²) in [4.78, 5) is 27.4. The first-order valence-corrected chi connectivity index (χ1v) is 10.9. The van der Waals surface area contributed by atoms with Crippen LogP contribution in [0.2, 0.25) is 0 Å². The van der Waals surface area contributed by atoms with Gasteiger partial charge in [0.1, 0.15) is 11.6 Å². The van der Waals surface area contributed by atoms with Gasteiger partial charge in [-0.05, 0) is 62.7 Å². The van der Waals surface area contributed by atoms with Gasteiger partial charge in [0.15, 0.2) is 5.78 Å². The largest absolute Gasteiger partial charge is 0.508 e. The molecular formula is C25H28N4O3. The van der Waals surface area contributed by atoms with Crippen molar-refractivity contribution in [3.63, 3.8) is 0 Å². The topological polar surface area (TPSA) is 87.5 Å². The minimum Gasteiger partial charge on any atom is -0.508 e. The molecule has 1 amide bonds. The maximum absolute atomic E-state index is 12.7. The molecule has 2 heterocycles. The van der Waals surface area contributed by atoms with Crippen LogP contribution in [0.15, 0.2) is 60.8 Å². The highest BCUT2D eigenvalue weighted by Gasteiger charge is 2.26. The Kier molecular flexibility index (Phi) is 6.66. The molecule has 2 N–H and O–H groups in total. The number of amides is 1. The molecule has 3 aromatic rings. The lowest BCUT2D eigenvalue weighted by atomic mass is 9.89. The zero-order chi connectivity index (χ0) is 22.5. The van der Waals surface area contributed by atoms with Crippen molar-refractivity contribution >= 4 is 17.5 Å². The molecule has 0 bridgehead atoms. The Hall–Kier alpha value is -3.45. The second-order valence-corrected chi connectivity index (χ2v) is 8.37. The Bertz CT molecular complexity index is 1080. The fourth-order valence-electron chi connectivity index (χ4n) is 4.15. The van der Waals surface area contributed by atoms with E-state index in [4.69, 9.17) is 0 Å². The Balaban J connectivity index is 1.27. The summed E-state index contributed by atoms with van der Waals surface area (Å²) in [5, 5.41) is 16.7. The average Bonchev–Trinajstić information content (AvgIpc) is 3.20. The van der Waals surface area contributed by atoms with Gasteiger partial charge in [0.05, 0.1) is 19.3 Å². The number of carbonyl (C=O) groups excluding carboxylic acids is 2. The first kappa shape index (κ1) is 21.8. The number of carbonyl (C=O) groups is 2. The van der Waals surface area contributed by atoms with Crippen LogP contribution in [0.1, 0.15) is 34.3 Å². The Labute approximate surface area is 187 Å². The number of piperidine rings is 1. The van der Waals surface area contributed by atoms with Crippen molar-refractivity contribution in [1.82, 2.24) is 14.7 Å². The van der Waals surface area contributed by atoms with Crippen molar-refractivity contribution in [3.05, 3.63) is 77.5 Å². The normalized spacial score (nSPS) is 14.9. The number of benzene rings is 2. The second-order valence-electron chi connectivity index (χ2n) is 8.37. The standard InChI is InChI=1S/C25H28N4O3/c1-18-3-2-4-19(15-18)16-29-23(9-12-26-29)27-24(31)17-28-13-10-21(11-14-28)25(32)20-5-7-22(30)8-6-20/h2-9,12,15,21,30H,10-11,13-14,16-17H2,1H3,(H,27,31). The fourth-order valence-corrected chi connectivity index (χ4v) is 4.15. The number of rotatable bonds is 7. The number of nitrogens with one attached hydrogen (secondary N) is 1. The Morgan fingerprint density at radius 1 is 1.09 bits per heavy atom. The number of anilines is 1. The van der Waals surface area contributed by atoms with Gasteiger partial charge in [0, 0.05) is 17.5 Å². The van der Waals surface area contributed by atoms with Crippen LogP contribution in [0.25, 0.3) is 0 Å². The van der Waals surface area contributed by atoms with Gasteiger partial charge in [-0.15, -0.1) is 0 Å². The molecule has 0 atom stereocenters. The summed E-state index contributed by atoms with van der Waals surface area (Å²) < 4.78 is 1.79. The molecule has 0 radical (unpaired) electrons. The number of phenols is 1. The van der Waals surface area contributed by atoms with Crippen LogP contribution in [0.4, 0.5) is 5.82 Å². The van der Waals surface area contributed by atoms with Crippen LogP contribution in [0, 0.1) is 12.8 Å². The number of aromatic hydroxyl groups is 1. The smallest absolute Gasteiger partial charge is 0.239 e. The minimum atomic E-state index is -0.0840. The van der Waals surface area contributed by atoms with E-state index >= 15 is 0 Å². The summed E-state index contributed by atoms with van der Waals surface area (Å²) in [5.74, 6) is 0.805. The van der Waals surface area contributed by atoms with Crippen molar-refractivity contribution < 1.29 is 14.7 Å². The summed E-state index contributed by atoms with van der Waals surface area (Å²) in [6, 6.07) is 16.4. The van der Waals surface area contributed by atoms with Gasteiger partial charge >= 0.3 is 0 Å². The lowest BCUT2D eigenvalue weighted by molar-refractivity contribution is -0.117. The summed E-state index contributed by atoms with van der Waals surface area (Å²) >= 11 is 0. The van der Waals surface area contributed by atoms with Crippen LogP contribution in [-0.4, -0.2) is 51.1 Å². The number of aryl methyl sites for hydroxylation is 1. The minimum absolute atomic E-state index is 0.0467. The van der Waals surface area contributed by atoms with Crippen molar-refractivity contribution in [1.29, 1.82) is 0 Å². The summed E-state index contributed by atoms with van der Waals surface area (Å²) in [6.07, 6.45) is 3.13. The van der Waals surface area contributed by atoms with Gasteiger partial charge in [-0.2, -0.15) is 5.10 Å². The Morgan fingerprint density at radius 2 is 1.84 bits per heavy atom. The Morgan fingerprint density at radius 3 is 2.56 bits per heavy atom. The summed E-state index contributed by atoms with van der Waals surface area (Å²) in [7, 11) is 0. The first-order chi connectivity index (χ1) is 15.5. The predicted molar refractivity (Wildman–Crippen MR) is 123 cm³/mol. The first-order valence-electron chi connectivity index (χ1n) is 10.9. The van der Waals surface area contributed by atoms with Crippen LogP contribution in [0.3, 0.4) is 0 Å². The monoisotopic (exact) mass is 432 g/mol. The third kappa shape index (κ3) is 5.42. The number of hydrogen-bond donors (Lipinski definition) is 2. The molecule has 7 heteroatoms.